The monoisotopic (exact) mass is 398 g/mol. The van der Waals surface area contributed by atoms with Crippen LogP contribution in [0.1, 0.15) is 24.0 Å². The molecule has 0 spiro atoms. The first-order chi connectivity index (χ1) is 13.3. The number of rotatable bonds is 10. The van der Waals surface area contributed by atoms with Crippen LogP contribution in [0.4, 0.5) is 13.2 Å². The van der Waals surface area contributed by atoms with Crippen molar-refractivity contribution in [3.05, 3.63) is 53.6 Å². The Balaban J connectivity index is 1.80. The van der Waals surface area contributed by atoms with Crippen molar-refractivity contribution in [1.29, 1.82) is 0 Å². The van der Waals surface area contributed by atoms with Crippen LogP contribution in [0.15, 0.2) is 42.5 Å². The lowest BCUT2D eigenvalue weighted by atomic mass is 10.1. The minimum absolute atomic E-state index is 0.00341. The number of carboxylic acids is 1. The number of methoxy groups -OCH3 is 1. The summed E-state index contributed by atoms with van der Waals surface area (Å²) in [5.41, 5.74) is 0.0152. The van der Waals surface area contributed by atoms with E-state index in [1.165, 1.54) is 19.2 Å². The lowest BCUT2D eigenvalue weighted by Crippen LogP contribution is -2.07. The first kappa shape index (κ1) is 21.4. The number of benzene rings is 2. The van der Waals surface area contributed by atoms with Crippen molar-refractivity contribution in [2.75, 3.05) is 20.3 Å². The van der Waals surface area contributed by atoms with Gasteiger partial charge >= 0.3 is 12.1 Å². The second-order valence-corrected chi connectivity index (χ2v) is 5.94. The minimum atomic E-state index is -4.40. The second-order valence-electron chi connectivity index (χ2n) is 5.94. The average Bonchev–Trinajstić information content (AvgIpc) is 2.66. The molecule has 0 aliphatic heterocycles. The third-order valence-corrected chi connectivity index (χ3v) is 3.85. The molecule has 0 atom stereocenters. The van der Waals surface area contributed by atoms with Crippen LogP contribution in [-0.4, -0.2) is 31.4 Å². The number of alkyl halides is 3. The molecule has 0 fully saturated rings. The van der Waals surface area contributed by atoms with Gasteiger partial charge in [-0.25, -0.2) is 0 Å². The van der Waals surface area contributed by atoms with E-state index in [9.17, 15) is 18.0 Å². The van der Waals surface area contributed by atoms with Crippen molar-refractivity contribution < 1.29 is 37.3 Å². The van der Waals surface area contributed by atoms with Gasteiger partial charge in [0.15, 0.2) is 0 Å². The molecule has 0 aliphatic rings. The molecule has 0 bridgehead atoms. The molecule has 5 nitrogen and oxygen atoms in total. The molecule has 0 amide bonds. The maximum Gasteiger partial charge on any atom is 0.416 e. The molecule has 0 radical (unpaired) electrons. The van der Waals surface area contributed by atoms with Gasteiger partial charge in [-0.15, -0.1) is 0 Å². The van der Waals surface area contributed by atoms with E-state index in [1.807, 2.05) is 0 Å². The zero-order chi connectivity index (χ0) is 20.6. The summed E-state index contributed by atoms with van der Waals surface area (Å²) in [7, 11) is 1.49. The first-order valence-electron chi connectivity index (χ1n) is 8.61. The van der Waals surface area contributed by atoms with Gasteiger partial charge in [0.2, 0.25) is 0 Å². The van der Waals surface area contributed by atoms with Crippen LogP contribution in [-0.2, 0) is 17.4 Å². The molecule has 0 aromatic heterocycles. The summed E-state index contributed by atoms with van der Waals surface area (Å²) >= 11 is 0. The first-order valence-corrected chi connectivity index (χ1v) is 8.61. The number of halogens is 3. The van der Waals surface area contributed by atoms with E-state index in [-0.39, 0.29) is 18.8 Å². The van der Waals surface area contributed by atoms with E-state index < -0.39 is 17.7 Å². The zero-order valence-electron chi connectivity index (χ0n) is 15.3. The lowest BCUT2D eigenvalue weighted by molar-refractivity contribution is -0.138. The highest BCUT2D eigenvalue weighted by molar-refractivity contribution is 5.67. The fraction of sp³-hybridized carbons (Fsp3) is 0.350. The Labute approximate surface area is 160 Å². The molecule has 28 heavy (non-hydrogen) atoms. The van der Waals surface area contributed by atoms with Gasteiger partial charge in [-0.1, -0.05) is 12.1 Å². The molecule has 2 aromatic carbocycles. The molecule has 0 saturated carbocycles. The highest BCUT2D eigenvalue weighted by Crippen LogP contribution is 2.31. The van der Waals surface area contributed by atoms with Gasteiger partial charge in [-0.05, 0) is 36.2 Å². The van der Waals surface area contributed by atoms with E-state index in [1.54, 1.807) is 18.2 Å². The van der Waals surface area contributed by atoms with Crippen LogP contribution in [0, 0.1) is 0 Å². The standard InChI is InChI=1S/C20H21F3O5/c1-26-18-13-17(8-6-14(18)7-9-19(24)25)28-11-3-10-27-16-5-2-4-15(12-16)20(21,22)23/h2,4-6,8,12-13H,3,7,9-11H2,1H3,(H,24,25). The molecule has 0 heterocycles. The second kappa shape index (κ2) is 9.87. The highest BCUT2D eigenvalue weighted by Gasteiger charge is 2.30. The van der Waals surface area contributed by atoms with E-state index >= 15 is 0 Å². The molecule has 2 rings (SSSR count). The van der Waals surface area contributed by atoms with Crippen LogP contribution in [0.25, 0.3) is 0 Å². The zero-order valence-corrected chi connectivity index (χ0v) is 15.3. The van der Waals surface area contributed by atoms with Gasteiger partial charge in [-0.3, -0.25) is 4.79 Å². The number of aliphatic carboxylic acids is 1. The van der Waals surface area contributed by atoms with Crippen LogP contribution in [0.2, 0.25) is 0 Å². The average molecular weight is 398 g/mol. The summed E-state index contributed by atoms with van der Waals surface area (Å²) in [6.45, 7) is 0.506. The fourth-order valence-corrected chi connectivity index (χ4v) is 2.46. The van der Waals surface area contributed by atoms with Gasteiger partial charge in [-0.2, -0.15) is 13.2 Å². The van der Waals surface area contributed by atoms with Crippen LogP contribution in [0.3, 0.4) is 0 Å². The molecule has 0 saturated heterocycles. The number of hydrogen-bond donors (Lipinski definition) is 1. The third-order valence-electron chi connectivity index (χ3n) is 3.85. The van der Waals surface area contributed by atoms with Crippen molar-refractivity contribution in [3.63, 3.8) is 0 Å². The Bertz CT molecular complexity index is 790. The molecule has 0 aliphatic carbocycles. The molecule has 2 aromatic rings. The molecule has 8 heteroatoms. The number of aryl methyl sites for hydroxylation is 1. The van der Waals surface area contributed by atoms with E-state index in [0.29, 0.717) is 30.9 Å². The number of hydrogen-bond acceptors (Lipinski definition) is 4. The van der Waals surface area contributed by atoms with Crippen LogP contribution >= 0.6 is 0 Å². The van der Waals surface area contributed by atoms with Crippen molar-refractivity contribution in [2.24, 2.45) is 0 Å². The van der Waals surface area contributed by atoms with E-state index in [4.69, 9.17) is 19.3 Å². The Morgan fingerprint density at radius 3 is 2.32 bits per heavy atom. The van der Waals surface area contributed by atoms with E-state index in [0.717, 1.165) is 17.7 Å². The summed E-state index contributed by atoms with van der Waals surface area (Å²) < 4.78 is 54.2. The highest BCUT2D eigenvalue weighted by atomic mass is 19.4. The maximum atomic E-state index is 12.7. The lowest BCUT2D eigenvalue weighted by Gasteiger charge is -2.12. The summed E-state index contributed by atoms with van der Waals surface area (Å²) in [5.74, 6) is 0.358. The van der Waals surface area contributed by atoms with E-state index in [2.05, 4.69) is 0 Å². The Morgan fingerprint density at radius 2 is 1.71 bits per heavy atom. The van der Waals surface area contributed by atoms with Gasteiger partial charge in [0, 0.05) is 18.9 Å². The van der Waals surface area contributed by atoms with Gasteiger partial charge in [0.05, 0.1) is 25.9 Å². The predicted octanol–water partition coefficient (Wildman–Crippen LogP) is 4.58. The summed E-state index contributed by atoms with van der Waals surface area (Å²) in [4.78, 5) is 10.7. The molecule has 0 unspecified atom stereocenters. The van der Waals surface area contributed by atoms with Crippen LogP contribution < -0.4 is 14.2 Å². The normalized spacial score (nSPS) is 11.1. The van der Waals surface area contributed by atoms with Crippen molar-refractivity contribution >= 4 is 5.97 Å². The number of ether oxygens (including phenoxy) is 3. The molecule has 152 valence electrons. The summed E-state index contributed by atoms with van der Waals surface area (Å²) in [5, 5.41) is 8.76. The van der Waals surface area contributed by atoms with Gasteiger partial charge in [0.1, 0.15) is 17.2 Å². The largest absolute Gasteiger partial charge is 0.496 e. The maximum absolute atomic E-state index is 12.7. The Morgan fingerprint density at radius 1 is 1.04 bits per heavy atom. The quantitative estimate of drug-likeness (QED) is 0.594. The Hall–Kier alpha value is -2.90. The number of carbonyl (C=O) groups is 1. The minimum Gasteiger partial charge on any atom is -0.496 e. The molecule has 1 N–H and O–H groups in total. The van der Waals surface area contributed by atoms with Gasteiger partial charge in [0.25, 0.3) is 0 Å². The smallest absolute Gasteiger partial charge is 0.416 e. The van der Waals surface area contributed by atoms with Crippen LogP contribution in [0.5, 0.6) is 17.2 Å². The third kappa shape index (κ3) is 6.68. The number of carboxylic acid groups (broad SMARTS) is 1. The molecular weight excluding hydrogens is 377 g/mol. The predicted molar refractivity (Wildman–Crippen MR) is 96.0 cm³/mol. The topological polar surface area (TPSA) is 65.0 Å². The Kier molecular flexibility index (Phi) is 7.54. The van der Waals surface area contributed by atoms with Crippen molar-refractivity contribution in [1.82, 2.24) is 0 Å². The summed E-state index contributed by atoms with van der Waals surface area (Å²) in [6.07, 6.45) is -3.58. The molecular formula is C20H21F3O5. The SMILES string of the molecule is COc1cc(OCCCOc2cccc(C(F)(F)F)c2)ccc1CCC(=O)O. The van der Waals surface area contributed by atoms with Crippen molar-refractivity contribution in [2.45, 2.75) is 25.4 Å². The van der Waals surface area contributed by atoms with Crippen molar-refractivity contribution in [3.8, 4) is 17.2 Å². The summed E-state index contributed by atoms with van der Waals surface area (Å²) in [6, 6.07) is 9.85. The van der Waals surface area contributed by atoms with Gasteiger partial charge < -0.3 is 19.3 Å². The fourth-order valence-electron chi connectivity index (χ4n) is 2.46.